The molecule has 0 aliphatic carbocycles. The van der Waals surface area contributed by atoms with Crippen LogP contribution in [0.25, 0.3) is 0 Å². The highest BCUT2D eigenvalue weighted by Crippen LogP contribution is 2.20. The first kappa shape index (κ1) is 12.0. The molecule has 0 saturated heterocycles. The van der Waals surface area contributed by atoms with Gasteiger partial charge in [0.1, 0.15) is 5.56 Å². The summed E-state index contributed by atoms with van der Waals surface area (Å²) in [7, 11) is 0.892. The third-order valence-corrected chi connectivity index (χ3v) is 1.78. The van der Waals surface area contributed by atoms with Crippen molar-refractivity contribution in [2.75, 3.05) is 7.11 Å². The summed E-state index contributed by atoms with van der Waals surface area (Å²) in [5.41, 5.74) is -2.50. The summed E-state index contributed by atoms with van der Waals surface area (Å²) in [6.07, 6.45) is 0. The highest BCUT2D eigenvalue weighted by atomic mass is 19.2. The Kier molecular flexibility index (Phi) is 3.17. The van der Waals surface area contributed by atoms with Gasteiger partial charge in [-0.1, -0.05) is 0 Å². The second-order valence-electron chi connectivity index (χ2n) is 2.71. The lowest BCUT2D eigenvalue weighted by atomic mass is 10.1. The summed E-state index contributed by atoms with van der Waals surface area (Å²) in [5, 5.41) is 8.45. The van der Waals surface area contributed by atoms with Crippen LogP contribution in [0, 0.1) is 17.5 Å². The van der Waals surface area contributed by atoms with Crippen LogP contribution in [0.3, 0.4) is 0 Å². The average molecular weight is 234 g/mol. The summed E-state index contributed by atoms with van der Waals surface area (Å²) in [5.74, 6) is -8.48. The molecule has 0 spiro atoms. The fourth-order valence-corrected chi connectivity index (χ4v) is 1.05. The number of carbonyl (C=O) groups excluding carboxylic acids is 1. The molecule has 0 saturated carbocycles. The van der Waals surface area contributed by atoms with E-state index in [0.717, 1.165) is 7.11 Å². The van der Waals surface area contributed by atoms with E-state index in [4.69, 9.17) is 5.11 Å². The molecule has 7 heteroatoms. The second-order valence-corrected chi connectivity index (χ2v) is 2.71. The Hall–Kier alpha value is -2.05. The molecule has 0 aliphatic heterocycles. The number of aromatic carboxylic acids is 1. The van der Waals surface area contributed by atoms with E-state index in [9.17, 15) is 22.8 Å². The SMILES string of the molecule is COC(=O)c1cc(F)c(F)c(C(=O)O)c1F. The molecule has 0 aliphatic rings. The zero-order valence-electron chi connectivity index (χ0n) is 7.88. The van der Waals surface area contributed by atoms with Crippen LogP contribution in [0.5, 0.6) is 0 Å². The van der Waals surface area contributed by atoms with E-state index in [0.29, 0.717) is 0 Å². The van der Waals surface area contributed by atoms with Gasteiger partial charge >= 0.3 is 11.9 Å². The molecular formula is C9H5F3O4. The Morgan fingerprint density at radius 2 is 1.81 bits per heavy atom. The molecule has 0 fully saturated rings. The monoisotopic (exact) mass is 234 g/mol. The van der Waals surface area contributed by atoms with Crippen LogP contribution in [-0.2, 0) is 4.74 Å². The lowest BCUT2D eigenvalue weighted by Gasteiger charge is -2.05. The Labute approximate surface area is 87.3 Å². The molecule has 0 unspecified atom stereocenters. The van der Waals surface area contributed by atoms with E-state index in [2.05, 4.69) is 4.74 Å². The van der Waals surface area contributed by atoms with Crippen molar-refractivity contribution in [2.45, 2.75) is 0 Å². The van der Waals surface area contributed by atoms with Crippen LogP contribution in [-0.4, -0.2) is 24.2 Å². The second kappa shape index (κ2) is 4.21. The molecule has 0 bridgehead atoms. The number of carbonyl (C=O) groups is 2. The number of rotatable bonds is 2. The van der Waals surface area contributed by atoms with Gasteiger partial charge in [-0.05, 0) is 6.07 Å². The van der Waals surface area contributed by atoms with E-state index in [-0.39, 0.29) is 6.07 Å². The Morgan fingerprint density at radius 1 is 1.25 bits per heavy atom. The van der Waals surface area contributed by atoms with Gasteiger partial charge in [0.15, 0.2) is 17.5 Å². The van der Waals surface area contributed by atoms with Crippen molar-refractivity contribution in [3.05, 3.63) is 34.6 Å². The van der Waals surface area contributed by atoms with Gasteiger partial charge in [0, 0.05) is 0 Å². The zero-order chi connectivity index (χ0) is 12.5. The molecule has 0 heterocycles. The summed E-state index contributed by atoms with van der Waals surface area (Å²) in [6, 6.07) is 0.239. The van der Waals surface area contributed by atoms with E-state index in [1.54, 1.807) is 0 Å². The molecule has 1 N–H and O–H groups in total. The van der Waals surface area contributed by atoms with Gasteiger partial charge in [0.05, 0.1) is 12.7 Å². The first-order valence-corrected chi connectivity index (χ1v) is 3.89. The molecule has 1 aromatic rings. The predicted octanol–water partition coefficient (Wildman–Crippen LogP) is 1.59. The molecule has 0 radical (unpaired) electrons. The highest BCUT2D eigenvalue weighted by molar-refractivity contribution is 5.95. The van der Waals surface area contributed by atoms with Gasteiger partial charge in [0.2, 0.25) is 0 Å². The Morgan fingerprint density at radius 3 is 2.25 bits per heavy atom. The molecule has 86 valence electrons. The third kappa shape index (κ3) is 1.83. The maximum Gasteiger partial charge on any atom is 0.341 e. The number of benzene rings is 1. The predicted molar refractivity (Wildman–Crippen MR) is 44.6 cm³/mol. The average Bonchev–Trinajstić information content (AvgIpc) is 2.22. The standard InChI is InChI=1S/C9H5F3O4/c1-16-9(15)3-2-4(10)7(12)5(6(3)11)8(13)14/h2H,1H3,(H,13,14). The van der Waals surface area contributed by atoms with Crippen LogP contribution in [0.4, 0.5) is 13.2 Å². The maximum atomic E-state index is 13.3. The molecular weight excluding hydrogens is 229 g/mol. The quantitative estimate of drug-likeness (QED) is 0.623. The van der Waals surface area contributed by atoms with Gasteiger partial charge in [-0.2, -0.15) is 0 Å². The van der Waals surface area contributed by atoms with Gasteiger partial charge in [-0.25, -0.2) is 22.8 Å². The Bertz CT molecular complexity index is 470. The number of halogens is 3. The normalized spacial score (nSPS) is 10.0. The number of carboxylic acids is 1. The van der Waals surface area contributed by atoms with Crippen molar-refractivity contribution in [3.8, 4) is 0 Å². The van der Waals surface area contributed by atoms with E-state index in [1.807, 2.05) is 0 Å². The molecule has 16 heavy (non-hydrogen) atoms. The minimum atomic E-state index is -2.01. The maximum absolute atomic E-state index is 13.3. The molecule has 0 aromatic heterocycles. The minimum Gasteiger partial charge on any atom is -0.477 e. The fourth-order valence-electron chi connectivity index (χ4n) is 1.05. The summed E-state index contributed by atoms with van der Waals surface area (Å²) in [4.78, 5) is 21.4. The van der Waals surface area contributed by atoms with Gasteiger partial charge in [-0.15, -0.1) is 0 Å². The smallest absolute Gasteiger partial charge is 0.341 e. The highest BCUT2D eigenvalue weighted by Gasteiger charge is 2.27. The van der Waals surface area contributed by atoms with Crippen molar-refractivity contribution in [3.63, 3.8) is 0 Å². The lowest BCUT2D eigenvalue weighted by molar-refractivity contribution is 0.0594. The van der Waals surface area contributed by atoms with Gasteiger partial charge in [0.25, 0.3) is 0 Å². The summed E-state index contributed by atoms with van der Waals surface area (Å²) >= 11 is 0. The number of esters is 1. The first-order chi connectivity index (χ1) is 7.40. The number of methoxy groups -OCH3 is 1. The van der Waals surface area contributed by atoms with Crippen LogP contribution in [0.15, 0.2) is 6.07 Å². The Balaban J connectivity index is 3.56. The number of carboxylic acid groups (broad SMARTS) is 1. The van der Waals surface area contributed by atoms with Crippen molar-refractivity contribution < 1.29 is 32.6 Å². The van der Waals surface area contributed by atoms with Gasteiger partial charge in [-0.3, -0.25) is 0 Å². The molecule has 0 atom stereocenters. The fraction of sp³-hybridized carbons (Fsp3) is 0.111. The topological polar surface area (TPSA) is 63.6 Å². The number of hydrogen-bond donors (Lipinski definition) is 1. The van der Waals surface area contributed by atoms with Crippen molar-refractivity contribution in [2.24, 2.45) is 0 Å². The van der Waals surface area contributed by atoms with Crippen molar-refractivity contribution in [1.29, 1.82) is 0 Å². The lowest BCUT2D eigenvalue weighted by Crippen LogP contribution is -2.14. The van der Waals surface area contributed by atoms with Crippen molar-refractivity contribution >= 4 is 11.9 Å². The van der Waals surface area contributed by atoms with E-state index in [1.165, 1.54) is 0 Å². The summed E-state index contributed by atoms with van der Waals surface area (Å²) in [6.45, 7) is 0. The van der Waals surface area contributed by atoms with Crippen LogP contribution >= 0.6 is 0 Å². The molecule has 1 rings (SSSR count). The van der Waals surface area contributed by atoms with Crippen molar-refractivity contribution in [1.82, 2.24) is 0 Å². The zero-order valence-corrected chi connectivity index (χ0v) is 7.88. The number of ether oxygens (including phenoxy) is 1. The molecule has 4 nitrogen and oxygen atoms in total. The van der Waals surface area contributed by atoms with Crippen LogP contribution < -0.4 is 0 Å². The van der Waals surface area contributed by atoms with Crippen LogP contribution in [0.2, 0.25) is 0 Å². The van der Waals surface area contributed by atoms with Crippen LogP contribution in [0.1, 0.15) is 20.7 Å². The largest absolute Gasteiger partial charge is 0.477 e. The minimum absolute atomic E-state index is 0.239. The first-order valence-electron chi connectivity index (χ1n) is 3.89. The molecule has 1 aromatic carbocycles. The number of hydrogen-bond acceptors (Lipinski definition) is 3. The van der Waals surface area contributed by atoms with E-state index >= 15 is 0 Å². The van der Waals surface area contributed by atoms with Gasteiger partial charge < -0.3 is 9.84 Å². The molecule has 0 amide bonds. The summed E-state index contributed by atoms with van der Waals surface area (Å²) < 4.78 is 43.2. The van der Waals surface area contributed by atoms with E-state index < -0.39 is 40.5 Å². The third-order valence-electron chi connectivity index (χ3n) is 1.78.